The molecule has 3 nitrogen and oxygen atoms in total. The van der Waals surface area contributed by atoms with Gasteiger partial charge in [-0.25, -0.2) is 0 Å². The van der Waals surface area contributed by atoms with Crippen LogP contribution in [-0.2, 0) is 9.53 Å². The maximum absolute atomic E-state index is 11.2. The van der Waals surface area contributed by atoms with Gasteiger partial charge < -0.3 is 10.5 Å². The van der Waals surface area contributed by atoms with E-state index in [9.17, 15) is 4.79 Å². The molecule has 1 rings (SSSR count). The van der Waals surface area contributed by atoms with E-state index in [4.69, 9.17) is 33.7 Å². The quantitative estimate of drug-likeness (QED) is 0.812. The Morgan fingerprint density at radius 3 is 2.83 bits per heavy atom. The summed E-state index contributed by atoms with van der Waals surface area (Å²) in [7, 11) is 0. The molecule has 100 valence electrons. The fourth-order valence-electron chi connectivity index (χ4n) is 1.65. The van der Waals surface area contributed by atoms with Crippen molar-refractivity contribution in [2.24, 2.45) is 5.73 Å². The van der Waals surface area contributed by atoms with Gasteiger partial charge in [0.2, 0.25) is 0 Å². The smallest absolute Gasteiger partial charge is 0.305 e. The van der Waals surface area contributed by atoms with E-state index in [2.05, 4.69) is 0 Å². The van der Waals surface area contributed by atoms with Gasteiger partial charge in [-0.05, 0) is 43.5 Å². The van der Waals surface area contributed by atoms with Gasteiger partial charge >= 0.3 is 5.97 Å². The summed E-state index contributed by atoms with van der Waals surface area (Å²) < 4.78 is 4.85. The number of nitrogens with two attached hydrogens (primary N) is 1. The van der Waals surface area contributed by atoms with E-state index in [1.165, 1.54) is 0 Å². The van der Waals surface area contributed by atoms with Crippen molar-refractivity contribution >= 4 is 29.2 Å². The number of carbonyl (C=O) groups is 1. The molecule has 0 saturated heterocycles. The molecule has 0 heterocycles. The number of ether oxygens (including phenoxy) is 1. The van der Waals surface area contributed by atoms with Crippen molar-refractivity contribution < 1.29 is 9.53 Å². The van der Waals surface area contributed by atoms with Gasteiger partial charge in [0.15, 0.2) is 0 Å². The number of halogens is 2. The van der Waals surface area contributed by atoms with Crippen molar-refractivity contribution in [2.75, 3.05) is 6.61 Å². The largest absolute Gasteiger partial charge is 0.466 e. The van der Waals surface area contributed by atoms with E-state index in [0.717, 1.165) is 5.56 Å². The van der Waals surface area contributed by atoms with Gasteiger partial charge in [0, 0.05) is 22.5 Å². The van der Waals surface area contributed by atoms with Gasteiger partial charge in [-0.15, -0.1) is 0 Å². The van der Waals surface area contributed by atoms with Crippen LogP contribution in [0.3, 0.4) is 0 Å². The Bertz CT molecular complexity index is 410. The van der Waals surface area contributed by atoms with Crippen molar-refractivity contribution in [1.29, 1.82) is 0 Å². The van der Waals surface area contributed by atoms with Crippen LogP contribution in [0.4, 0.5) is 0 Å². The molecule has 1 atom stereocenters. The van der Waals surface area contributed by atoms with E-state index in [1.807, 2.05) is 0 Å². The normalized spacial score (nSPS) is 12.2. The molecule has 0 aliphatic heterocycles. The topological polar surface area (TPSA) is 52.3 Å². The van der Waals surface area contributed by atoms with E-state index in [1.54, 1.807) is 25.1 Å². The van der Waals surface area contributed by atoms with Crippen molar-refractivity contribution in [3.8, 4) is 0 Å². The fourth-order valence-corrected chi connectivity index (χ4v) is 2.09. The molecule has 1 unspecified atom stereocenters. The van der Waals surface area contributed by atoms with Crippen LogP contribution in [0.25, 0.3) is 0 Å². The lowest BCUT2D eigenvalue weighted by molar-refractivity contribution is -0.143. The first kappa shape index (κ1) is 15.3. The first-order valence-corrected chi connectivity index (χ1v) is 6.66. The molecular weight excluding hydrogens is 273 g/mol. The lowest BCUT2D eigenvalue weighted by Gasteiger charge is -2.13. The highest BCUT2D eigenvalue weighted by Gasteiger charge is 2.12. The van der Waals surface area contributed by atoms with E-state index < -0.39 is 0 Å². The minimum atomic E-state index is -0.217. The van der Waals surface area contributed by atoms with Gasteiger partial charge in [-0.2, -0.15) is 0 Å². The Morgan fingerprint density at radius 2 is 2.17 bits per heavy atom. The zero-order valence-electron chi connectivity index (χ0n) is 10.3. The molecule has 1 aromatic rings. The third-order valence-electron chi connectivity index (χ3n) is 2.56. The van der Waals surface area contributed by atoms with Gasteiger partial charge in [-0.3, -0.25) is 4.79 Å². The first-order valence-electron chi connectivity index (χ1n) is 5.90. The highest BCUT2D eigenvalue weighted by atomic mass is 35.5. The number of esters is 1. The standard InChI is InChI=1S/C13H17Cl2NO2/c1-2-18-13(17)5-3-4-12(16)10-8-9(14)6-7-11(10)15/h6-8,12H,2-5,16H2,1H3. The van der Waals surface area contributed by atoms with Gasteiger partial charge in [0.1, 0.15) is 0 Å². The molecule has 0 amide bonds. The highest BCUT2D eigenvalue weighted by Crippen LogP contribution is 2.27. The summed E-state index contributed by atoms with van der Waals surface area (Å²) in [5, 5.41) is 1.21. The summed E-state index contributed by atoms with van der Waals surface area (Å²) in [6.07, 6.45) is 1.71. The maximum Gasteiger partial charge on any atom is 0.305 e. The average molecular weight is 290 g/mol. The summed E-state index contributed by atoms with van der Waals surface area (Å²) in [6, 6.07) is 4.99. The summed E-state index contributed by atoms with van der Waals surface area (Å²) >= 11 is 12.0. The third-order valence-corrected chi connectivity index (χ3v) is 3.14. The molecule has 0 aliphatic rings. The van der Waals surface area contributed by atoms with Gasteiger partial charge in [0.25, 0.3) is 0 Å². The van der Waals surface area contributed by atoms with Crippen molar-refractivity contribution in [1.82, 2.24) is 0 Å². The molecular formula is C13H17Cl2NO2. The second-order valence-corrected chi connectivity index (χ2v) is 4.81. The molecule has 2 N–H and O–H groups in total. The highest BCUT2D eigenvalue weighted by molar-refractivity contribution is 6.33. The van der Waals surface area contributed by atoms with Crippen molar-refractivity contribution in [3.05, 3.63) is 33.8 Å². The Balaban J connectivity index is 2.47. The SMILES string of the molecule is CCOC(=O)CCCC(N)c1cc(Cl)ccc1Cl. The fraction of sp³-hybridized carbons (Fsp3) is 0.462. The average Bonchev–Trinajstić information content (AvgIpc) is 2.32. The van der Waals surface area contributed by atoms with E-state index in [0.29, 0.717) is 35.9 Å². The summed E-state index contributed by atoms with van der Waals surface area (Å²) in [5.74, 6) is -0.193. The van der Waals surface area contributed by atoms with Crippen molar-refractivity contribution in [2.45, 2.75) is 32.2 Å². The van der Waals surface area contributed by atoms with Crippen LogP contribution in [0.1, 0.15) is 37.8 Å². The van der Waals surface area contributed by atoms with Crippen LogP contribution in [0.5, 0.6) is 0 Å². The van der Waals surface area contributed by atoms with Gasteiger partial charge in [0.05, 0.1) is 6.61 Å². The first-order chi connectivity index (χ1) is 8.54. The minimum Gasteiger partial charge on any atom is -0.466 e. The molecule has 0 spiro atoms. The Morgan fingerprint density at radius 1 is 1.44 bits per heavy atom. The lowest BCUT2D eigenvalue weighted by Crippen LogP contribution is -2.12. The number of hydrogen-bond donors (Lipinski definition) is 1. The molecule has 0 aromatic heterocycles. The lowest BCUT2D eigenvalue weighted by atomic mass is 10.0. The van der Waals surface area contributed by atoms with Crippen LogP contribution in [-0.4, -0.2) is 12.6 Å². The van der Waals surface area contributed by atoms with Gasteiger partial charge in [-0.1, -0.05) is 23.2 Å². The summed E-state index contributed by atoms with van der Waals surface area (Å²) in [4.78, 5) is 11.2. The van der Waals surface area contributed by atoms with Crippen LogP contribution < -0.4 is 5.73 Å². The molecule has 18 heavy (non-hydrogen) atoms. The molecule has 0 aliphatic carbocycles. The molecule has 1 aromatic carbocycles. The predicted octanol–water partition coefficient (Wildman–Crippen LogP) is 3.73. The van der Waals surface area contributed by atoms with Crippen molar-refractivity contribution in [3.63, 3.8) is 0 Å². The minimum absolute atomic E-state index is 0.193. The zero-order valence-corrected chi connectivity index (χ0v) is 11.8. The Kier molecular flexibility index (Phi) is 6.47. The Hall–Kier alpha value is -0.770. The summed E-state index contributed by atoms with van der Waals surface area (Å²) in [5.41, 5.74) is 6.84. The molecule has 0 fully saturated rings. The molecule has 0 bridgehead atoms. The monoisotopic (exact) mass is 289 g/mol. The predicted molar refractivity (Wildman–Crippen MR) is 73.9 cm³/mol. The zero-order chi connectivity index (χ0) is 13.5. The molecule has 5 heteroatoms. The maximum atomic E-state index is 11.2. The van der Waals surface area contributed by atoms with Crippen LogP contribution >= 0.6 is 23.2 Å². The van der Waals surface area contributed by atoms with E-state index in [-0.39, 0.29) is 12.0 Å². The second kappa shape index (κ2) is 7.62. The molecule has 0 radical (unpaired) electrons. The number of benzene rings is 1. The second-order valence-electron chi connectivity index (χ2n) is 3.97. The molecule has 0 saturated carbocycles. The van der Waals surface area contributed by atoms with Crippen LogP contribution in [0, 0.1) is 0 Å². The number of rotatable bonds is 6. The van der Waals surface area contributed by atoms with Crippen LogP contribution in [0.15, 0.2) is 18.2 Å². The number of carbonyl (C=O) groups excluding carboxylic acids is 1. The third kappa shape index (κ3) is 4.84. The summed E-state index contributed by atoms with van der Waals surface area (Å²) in [6.45, 7) is 2.19. The van der Waals surface area contributed by atoms with Crippen LogP contribution in [0.2, 0.25) is 10.0 Å². The Labute approximate surface area is 117 Å². The number of hydrogen-bond acceptors (Lipinski definition) is 3. The van der Waals surface area contributed by atoms with E-state index >= 15 is 0 Å².